The van der Waals surface area contributed by atoms with Crippen molar-refractivity contribution in [1.82, 2.24) is 0 Å². The Morgan fingerprint density at radius 1 is 0.938 bits per heavy atom. The molecule has 0 aromatic heterocycles. The fourth-order valence-corrected chi connectivity index (χ4v) is 3.30. The van der Waals surface area contributed by atoms with E-state index in [2.05, 4.69) is 5.32 Å². The number of rotatable bonds is 6. The number of anilines is 1. The van der Waals surface area contributed by atoms with Crippen LogP contribution in [0, 0.1) is 0 Å². The summed E-state index contributed by atoms with van der Waals surface area (Å²) in [4.78, 5) is 12.6. The molecular formula is C21H17F3N2O5S. The van der Waals surface area contributed by atoms with Gasteiger partial charge in [0.2, 0.25) is 10.0 Å². The molecule has 32 heavy (non-hydrogen) atoms. The molecule has 0 aliphatic rings. The molecule has 0 atom stereocenters. The summed E-state index contributed by atoms with van der Waals surface area (Å²) < 4.78 is 73.5. The molecule has 0 radical (unpaired) electrons. The van der Waals surface area contributed by atoms with E-state index >= 15 is 0 Å². The number of halogens is 3. The van der Waals surface area contributed by atoms with Gasteiger partial charge in [0.15, 0.2) is 11.5 Å². The summed E-state index contributed by atoms with van der Waals surface area (Å²) in [6.45, 7) is 0. The number of carbonyl (C=O) groups excluding carboxylic acids is 1. The van der Waals surface area contributed by atoms with Gasteiger partial charge in [-0.1, -0.05) is 18.2 Å². The number of ether oxygens (including phenoxy) is 2. The molecule has 168 valence electrons. The van der Waals surface area contributed by atoms with Crippen LogP contribution in [0.3, 0.4) is 0 Å². The zero-order valence-electron chi connectivity index (χ0n) is 16.5. The van der Waals surface area contributed by atoms with Crippen molar-refractivity contribution in [3.8, 4) is 17.2 Å². The van der Waals surface area contributed by atoms with Crippen molar-refractivity contribution in [3.63, 3.8) is 0 Å². The fourth-order valence-electron chi connectivity index (χ4n) is 2.74. The van der Waals surface area contributed by atoms with Crippen LogP contribution in [0.2, 0.25) is 0 Å². The summed E-state index contributed by atoms with van der Waals surface area (Å²) in [5.41, 5.74) is -1.16. The first-order valence-corrected chi connectivity index (χ1v) is 10.5. The average molecular weight is 466 g/mol. The predicted octanol–water partition coefficient (Wildman–Crippen LogP) is 4.41. The quantitative estimate of drug-likeness (QED) is 0.560. The molecule has 11 heteroatoms. The van der Waals surface area contributed by atoms with Crippen molar-refractivity contribution in [2.24, 2.45) is 5.14 Å². The third kappa shape index (κ3) is 5.37. The van der Waals surface area contributed by atoms with Crippen molar-refractivity contribution in [3.05, 3.63) is 77.9 Å². The SMILES string of the molecule is COc1ccccc1Oc1cc(C(F)(F)F)ccc1C(=O)Nc1cccc(S(N)(=O)=O)c1. The summed E-state index contributed by atoms with van der Waals surface area (Å²) in [5, 5.41) is 7.52. The number of benzene rings is 3. The van der Waals surface area contributed by atoms with Crippen LogP contribution in [0.25, 0.3) is 0 Å². The van der Waals surface area contributed by atoms with Crippen LogP contribution < -0.4 is 19.9 Å². The molecule has 1 amide bonds. The lowest BCUT2D eigenvalue weighted by molar-refractivity contribution is -0.137. The first kappa shape index (κ1) is 23.1. The zero-order chi connectivity index (χ0) is 23.5. The molecule has 0 heterocycles. The largest absolute Gasteiger partial charge is 0.493 e. The van der Waals surface area contributed by atoms with Crippen LogP contribution in [0.1, 0.15) is 15.9 Å². The van der Waals surface area contributed by atoms with E-state index in [1.54, 1.807) is 18.2 Å². The Hall–Kier alpha value is -3.57. The second-order valence-electron chi connectivity index (χ2n) is 6.49. The number of methoxy groups -OCH3 is 1. The van der Waals surface area contributed by atoms with Crippen LogP contribution in [0.5, 0.6) is 17.2 Å². The maximum absolute atomic E-state index is 13.2. The maximum Gasteiger partial charge on any atom is 0.416 e. The molecule has 0 saturated carbocycles. The molecule has 0 saturated heterocycles. The summed E-state index contributed by atoms with van der Waals surface area (Å²) in [6, 6.07) is 13.8. The van der Waals surface area contributed by atoms with Gasteiger partial charge in [-0.25, -0.2) is 13.6 Å². The molecule has 3 rings (SSSR count). The molecule has 0 aliphatic carbocycles. The summed E-state index contributed by atoms with van der Waals surface area (Å²) in [7, 11) is -2.66. The molecule has 0 spiro atoms. The lowest BCUT2D eigenvalue weighted by Crippen LogP contribution is -2.16. The minimum atomic E-state index is -4.67. The number of nitrogens with two attached hydrogens (primary N) is 1. The molecule has 0 unspecified atom stereocenters. The Bertz CT molecular complexity index is 1260. The van der Waals surface area contributed by atoms with Gasteiger partial charge in [-0.05, 0) is 48.5 Å². The van der Waals surface area contributed by atoms with Gasteiger partial charge in [-0.15, -0.1) is 0 Å². The van der Waals surface area contributed by atoms with E-state index in [0.29, 0.717) is 6.07 Å². The minimum absolute atomic E-state index is 0.0738. The summed E-state index contributed by atoms with van der Waals surface area (Å²) in [5.74, 6) is -0.851. The van der Waals surface area contributed by atoms with Gasteiger partial charge in [0.25, 0.3) is 5.91 Å². The Balaban J connectivity index is 2.01. The highest BCUT2D eigenvalue weighted by Crippen LogP contribution is 2.37. The Morgan fingerprint density at radius 3 is 2.25 bits per heavy atom. The van der Waals surface area contributed by atoms with Crippen molar-refractivity contribution in [2.45, 2.75) is 11.1 Å². The van der Waals surface area contributed by atoms with Gasteiger partial charge in [-0.2, -0.15) is 13.2 Å². The van der Waals surface area contributed by atoms with E-state index in [4.69, 9.17) is 14.6 Å². The Morgan fingerprint density at radius 2 is 1.62 bits per heavy atom. The number of para-hydroxylation sites is 2. The number of nitrogens with one attached hydrogen (secondary N) is 1. The van der Waals surface area contributed by atoms with E-state index in [9.17, 15) is 26.4 Å². The topological polar surface area (TPSA) is 108 Å². The van der Waals surface area contributed by atoms with E-state index in [1.807, 2.05) is 0 Å². The van der Waals surface area contributed by atoms with Gasteiger partial charge in [0.1, 0.15) is 5.75 Å². The first-order valence-electron chi connectivity index (χ1n) is 8.95. The predicted molar refractivity (Wildman–Crippen MR) is 110 cm³/mol. The van der Waals surface area contributed by atoms with Crippen molar-refractivity contribution in [1.29, 1.82) is 0 Å². The van der Waals surface area contributed by atoms with Crippen LogP contribution in [-0.2, 0) is 16.2 Å². The van der Waals surface area contributed by atoms with E-state index < -0.39 is 27.7 Å². The third-order valence-corrected chi connectivity index (χ3v) is 5.17. The van der Waals surface area contributed by atoms with E-state index in [-0.39, 0.29) is 33.4 Å². The van der Waals surface area contributed by atoms with E-state index in [0.717, 1.165) is 18.2 Å². The van der Waals surface area contributed by atoms with Crippen molar-refractivity contribution in [2.75, 3.05) is 12.4 Å². The molecular weight excluding hydrogens is 449 g/mol. The minimum Gasteiger partial charge on any atom is -0.493 e. The Labute approximate surface area is 181 Å². The lowest BCUT2D eigenvalue weighted by atomic mass is 10.1. The van der Waals surface area contributed by atoms with Gasteiger partial charge >= 0.3 is 6.18 Å². The number of amides is 1. The van der Waals surface area contributed by atoms with Crippen LogP contribution in [0.15, 0.2) is 71.6 Å². The molecule has 0 aliphatic heterocycles. The number of hydrogen-bond acceptors (Lipinski definition) is 5. The average Bonchev–Trinajstić information content (AvgIpc) is 2.73. The van der Waals surface area contributed by atoms with Crippen LogP contribution in [-0.4, -0.2) is 21.4 Å². The molecule has 3 aromatic carbocycles. The highest BCUT2D eigenvalue weighted by atomic mass is 32.2. The van der Waals surface area contributed by atoms with Crippen LogP contribution in [0.4, 0.5) is 18.9 Å². The summed E-state index contributed by atoms with van der Waals surface area (Å²) >= 11 is 0. The smallest absolute Gasteiger partial charge is 0.416 e. The zero-order valence-corrected chi connectivity index (χ0v) is 17.3. The van der Waals surface area contributed by atoms with Gasteiger partial charge in [0.05, 0.1) is 23.1 Å². The molecule has 3 aromatic rings. The molecule has 0 fully saturated rings. The third-order valence-electron chi connectivity index (χ3n) is 4.26. The summed E-state index contributed by atoms with van der Waals surface area (Å²) in [6.07, 6.45) is -4.67. The van der Waals surface area contributed by atoms with E-state index in [1.165, 1.54) is 31.4 Å². The second-order valence-corrected chi connectivity index (χ2v) is 8.05. The highest BCUT2D eigenvalue weighted by molar-refractivity contribution is 7.89. The number of carbonyl (C=O) groups is 1. The second kappa shape index (κ2) is 8.89. The highest BCUT2D eigenvalue weighted by Gasteiger charge is 2.32. The van der Waals surface area contributed by atoms with Crippen molar-refractivity contribution >= 4 is 21.6 Å². The number of primary sulfonamides is 1. The van der Waals surface area contributed by atoms with Gasteiger partial charge < -0.3 is 14.8 Å². The number of hydrogen-bond donors (Lipinski definition) is 2. The van der Waals surface area contributed by atoms with Gasteiger partial charge in [0, 0.05) is 5.69 Å². The van der Waals surface area contributed by atoms with Crippen LogP contribution >= 0.6 is 0 Å². The standard InChI is InChI=1S/C21H17F3N2O5S/c1-30-17-7-2-3-8-18(17)31-19-11-13(21(22,23)24)9-10-16(19)20(27)26-14-5-4-6-15(12-14)32(25,28)29/h2-12H,1H3,(H,26,27)(H2,25,28,29). The Kier molecular flexibility index (Phi) is 6.42. The maximum atomic E-state index is 13.2. The molecule has 0 bridgehead atoms. The molecule has 7 nitrogen and oxygen atoms in total. The molecule has 3 N–H and O–H groups in total. The van der Waals surface area contributed by atoms with Gasteiger partial charge in [-0.3, -0.25) is 4.79 Å². The lowest BCUT2D eigenvalue weighted by Gasteiger charge is -2.16. The number of alkyl halides is 3. The fraction of sp³-hybridized carbons (Fsp3) is 0.0952. The first-order chi connectivity index (χ1) is 15.0. The van der Waals surface area contributed by atoms with Crippen molar-refractivity contribution < 1.29 is 35.9 Å². The monoisotopic (exact) mass is 466 g/mol. The normalized spacial score (nSPS) is 11.7. The number of sulfonamides is 1.